The summed E-state index contributed by atoms with van der Waals surface area (Å²) < 4.78 is 1.60. The van der Waals surface area contributed by atoms with E-state index in [1.165, 1.54) is 0 Å². The molecular formula is C11H16N6O. The average Bonchev–Trinajstić information content (AvgIpc) is 2.87. The highest BCUT2D eigenvalue weighted by Crippen LogP contribution is 2.09. The van der Waals surface area contributed by atoms with Crippen molar-refractivity contribution < 1.29 is 4.79 Å². The van der Waals surface area contributed by atoms with Crippen LogP contribution in [0.3, 0.4) is 0 Å². The van der Waals surface area contributed by atoms with E-state index in [0.717, 1.165) is 24.4 Å². The number of hydrogen-bond acceptors (Lipinski definition) is 4. The highest BCUT2D eigenvalue weighted by atomic mass is 16.2. The first-order valence-corrected chi connectivity index (χ1v) is 5.83. The molecule has 0 fully saturated rings. The van der Waals surface area contributed by atoms with Crippen molar-refractivity contribution >= 4 is 11.7 Å². The molecule has 0 aliphatic rings. The molecule has 0 aliphatic carbocycles. The Bertz CT molecular complexity index is 556. The van der Waals surface area contributed by atoms with Crippen LogP contribution in [0.5, 0.6) is 0 Å². The summed E-state index contributed by atoms with van der Waals surface area (Å²) in [4.78, 5) is 16.0. The molecule has 2 aromatic rings. The second kappa shape index (κ2) is 4.99. The maximum atomic E-state index is 11.9. The molecule has 7 heteroatoms. The van der Waals surface area contributed by atoms with Crippen molar-refractivity contribution in [2.45, 2.75) is 26.7 Å². The molecule has 0 atom stereocenters. The predicted octanol–water partition coefficient (Wildman–Crippen LogP) is 1.05. The minimum atomic E-state index is -0.336. The zero-order valence-electron chi connectivity index (χ0n) is 10.7. The Morgan fingerprint density at radius 3 is 2.94 bits per heavy atom. The van der Waals surface area contributed by atoms with Gasteiger partial charge in [-0.25, -0.2) is 4.98 Å². The van der Waals surface area contributed by atoms with Crippen molar-refractivity contribution in [1.82, 2.24) is 25.0 Å². The molecule has 0 aromatic carbocycles. The lowest BCUT2D eigenvalue weighted by Gasteiger charge is -2.01. The molecule has 0 bridgehead atoms. The number of H-pyrrole nitrogens is 1. The maximum Gasteiger partial charge on any atom is 0.296 e. The Hall–Kier alpha value is -2.18. The molecular weight excluding hydrogens is 232 g/mol. The Labute approximate surface area is 105 Å². The lowest BCUT2D eigenvalue weighted by atomic mass is 10.3. The number of nitrogens with zero attached hydrogens (tertiary/aromatic N) is 4. The van der Waals surface area contributed by atoms with Gasteiger partial charge in [-0.05, 0) is 13.3 Å². The molecule has 1 amide bonds. The van der Waals surface area contributed by atoms with E-state index in [0.29, 0.717) is 5.82 Å². The minimum Gasteiger partial charge on any atom is -0.304 e. The van der Waals surface area contributed by atoms with Crippen molar-refractivity contribution in [3.8, 4) is 0 Å². The molecule has 96 valence electrons. The average molecular weight is 248 g/mol. The fourth-order valence-corrected chi connectivity index (χ4v) is 1.65. The molecule has 2 N–H and O–H groups in total. The van der Waals surface area contributed by atoms with E-state index in [1.54, 1.807) is 17.8 Å². The van der Waals surface area contributed by atoms with Crippen LogP contribution in [0.2, 0.25) is 0 Å². The quantitative estimate of drug-likeness (QED) is 0.846. The zero-order chi connectivity index (χ0) is 13.1. The molecule has 0 radical (unpaired) electrons. The second-order valence-corrected chi connectivity index (χ2v) is 4.10. The van der Waals surface area contributed by atoms with Crippen LogP contribution in [0, 0.1) is 6.92 Å². The molecule has 0 spiro atoms. The van der Waals surface area contributed by atoms with Gasteiger partial charge < -0.3 is 5.32 Å². The van der Waals surface area contributed by atoms with E-state index in [2.05, 4.69) is 25.6 Å². The van der Waals surface area contributed by atoms with Gasteiger partial charge in [0, 0.05) is 19.5 Å². The Morgan fingerprint density at radius 1 is 1.56 bits per heavy atom. The van der Waals surface area contributed by atoms with Gasteiger partial charge in [-0.1, -0.05) is 6.92 Å². The van der Waals surface area contributed by atoms with Gasteiger partial charge in [-0.15, -0.1) is 5.10 Å². The van der Waals surface area contributed by atoms with Crippen LogP contribution in [0.15, 0.2) is 6.07 Å². The minimum absolute atomic E-state index is 0.150. The van der Waals surface area contributed by atoms with E-state index in [-0.39, 0.29) is 11.7 Å². The van der Waals surface area contributed by atoms with Gasteiger partial charge in [0.2, 0.25) is 5.82 Å². The first kappa shape index (κ1) is 12.3. The van der Waals surface area contributed by atoms with E-state index in [9.17, 15) is 4.79 Å². The van der Waals surface area contributed by atoms with E-state index >= 15 is 0 Å². The highest BCUT2D eigenvalue weighted by Gasteiger charge is 2.14. The summed E-state index contributed by atoms with van der Waals surface area (Å²) in [5.74, 6) is 1.16. The number of amides is 1. The highest BCUT2D eigenvalue weighted by molar-refractivity contribution is 6.00. The van der Waals surface area contributed by atoms with Gasteiger partial charge >= 0.3 is 0 Å². The van der Waals surface area contributed by atoms with Crippen molar-refractivity contribution in [1.29, 1.82) is 0 Å². The smallest absolute Gasteiger partial charge is 0.296 e. The Morgan fingerprint density at radius 2 is 2.33 bits per heavy atom. The largest absolute Gasteiger partial charge is 0.304 e. The van der Waals surface area contributed by atoms with Gasteiger partial charge in [0.25, 0.3) is 5.91 Å². The monoisotopic (exact) mass is 248 g/mol. The van der Waals surface area contributed by atoms with E-state index < -0.39 is 0 Å². The first-order chi connectivity index (χ1) is 8.60. The third-order valence-corrected chi connectivity index (χ3v) is 2.47. The fraction of sp³-hybridized carbons (Fsp3) is 0.455. The lowest BCUT2D eigenvalue weighted by molar-refractivity contribution is 0.101. The first-order valence-electron chi connectivity index (χ1n) is 5.83. The van der Waals surface area contributed by atoms with Crippen LogP contribution in [-0.4, -0.2) is 30.9 Å². The standard InChI is InChI=1S/C11H16N6O/c1-4-5-8-12-10(15-14-8)11(18)13-9-6-7(2)16-17(9)3/h6H,4-5H2,1-3H3,(H,13,18)(H,12,14,15). The third-order valence-electron chi connectivity index (χ3n) is 2.47. The normalized spacial score (nSPS) is 10.6. The Kier molecular flexibility index (Phi) is 3.40. The van der Waals surface area contributed by atoms with Crippen LogP contribution in [0.25, 0.3) is 0 Å². The van der Waals surface area contributed by atoms with Crippen LogP contribution < -0.4 is 5.32 Å². The molecule has 2 heterocycles. The van der Waals surface area contributed by atoms with Crippen molar-refractivity contribution in [3.63, 3.8) is 0 Å². The summed E-state index contributed by atoms with van der Waals surface area (Å²) in [6.45, 7) is 3.91. The molecule has 2 rings (SSSR count). The lowest BCUT2D eigenvalue weighted by Crippen LogP contribution is -2.16. The molecule has 0 saturated heterocycles. The van der Waals surface area contributed by atoms with E-state index in [1.807, 2.05) is 13.8 Å². The number of nitrogens with one attached hydrogen (secondary N) is 2. The van der Waals surface area contributed by atoms with Gasteiger partial charge in [-0.2, -0.15) is 5.10 Å². The summed E-state index contributed by atoms with van der Waals surface area (Å²) >= 11 is 0. The SMILES string of the molecule is CCCc1nc(C(=O)Nc2cc(C)nn2C)n[nH]1. The predicted molar refractivity (Wildman–Crippen MR) is 66.3 cm³/mol. The van der Waals surface area contributed by atoms with Gasteiger partial charge in [0.05, 0.1) is 5.69 Å². The van der Waals surface area contributed by atoms with E-state index in [4.69, 9.17) is 0 Å². The number of aromatic amines is 1. The molecule has 18 heavy (non-hydrogen) atoms. The summed E-state index contributed by atoms with van der Waals surface area (Å²) in [5, 5.41) is 13.5. The summed E-state index contributed by atoms with van der Waals surface area (Å²) in [6, 6.07) is 1.79. The maximum absolute atomic E-state index is 11.9. The van der Waals surface area contributed by atoms with Crippen LogP contribution >= 0.6 is 0 Å². The number of hydrogen-bond donors (Lipinski definition) is 2. The van der Waals surface area contributed by atoms with Gasteiger partial charge in [-0.3, -0.25) is 14.6 Å². The zero-order valence-corrected chi connectivity index (χ0v) is 10.7. The van der Waals surface area contributed by atoms with Crippen molar-refractivity contribution in [2.24, 2.45) is 7.05 Å². The molecule has 0 aliphatic heterocycles. The van der Waals surface area contributed by atoms with Gasteiger partial charge in [0.1, 0.15) is 11.6 Å². The number of aromatic nitrogens is 5. The molecule has 0 saturated carbocycles. The van der Waals surface area contributed by atoms with Crippen LogP contribution in [0.4, 0.5) is 5.82 Å². The third kappa shape index (κ3) is 2.55. The topological polar surface area (TPSA) is 88.5 Å². The van der Waals surface area contributed by atoms with Crippen molar-refractivity contribution in [3.05, 3.63) is 23.4 Å². The number of anilines is 1. The van der Waals surface area contributed by atoms with Crippen LogP contribution in [0.1, 0.15) is 35.5 Å². The fourth-order valence-electron chi connectivity index (χ4n) is 1.65. The molecule has 7 nitrogen and oxygen atoms in total. The number of carbonyl (C=O) groups is 1. The molecule has 0 unspecified atom stereocenters. The molecule has 2 aromatic heterocycles. The second-order valence-electron chi connectivity index (χ2n) is 4.10. The summed E-state index contributed by atoms with van der Waals surface area (Å²) in [7, 11) is 1.77. The number of rotatable bonds is 4. The number of carbonyl (C=O) groups excluding carboxylic acids is 1. The van der Waals surface area contributed by atoms with Gasteiger partial charge in [0.15, 0.2) is 0 Å². The van der Waals surface area contributed by atoms with Crippen molar-refractivity contribution in [2.75, 3.05) is 5.32 Å². The number of aryl methyl sites for hydroxylation is 3. The summed E-state index contributed by atoms with van der Waals surface area (Å²) in [5.41, 5.74) is 0.842. The summed E-state index contributed by atoms with van der Waals surface area (Å²) in [6.07, 6.45) is 1.74. The Balaban J connectivity index is 2.09. The van der Waals surface area contributed by atoms with Crippen LogP contribution in [-0.2, 0) is 13.5 Å².